The van der Waals surface area contributed by atoms with Crippen LogP contribution in [-0.4, -0.2) is 92.8 Å². The van der Waals surface area contributed by atoms with Crippen molar-refractivity contribution in [2.75, 3.05) is 13.2 Å². The van der Waals surface area contributed by atoms with Crippen LogP contribution in [0, 0.1) is 0 Å². The molecule has 210 valence electrons. The molecule has 2 aromatic rings. The van der Waals surface area contributed by atoms with E-state index in [1.165, 1.54) is 18.7 Å². The highest BCUT2D eigenvalue weighted by Crippen LogP contribution is 2.23. The lowest BCUT2D eigenvalue weighted by molar-refractivity contribution is -0.145. The number of H-pyrrole nitrogens is 1. The molecular formula is C26H33N5O8. The van der Waals surface area contributed by atoms with Gasteiger partial charge in [-0.25, -0.2) is 4.79 Å². The zero-order valence-corrected chi connectivity index (χ0v) is 21.7. The highest BCUT2D eigenvalue weighted by Gasteiger charge is 2.39. The Morgan fingerprint density at radius 1 is 1.08 bits per heavy atom. The van der Waals surface area contributed by atoms with Gasteiger partial charge in [-0.05, 0) is 31.4 Å². The summed E-state index contributed by atoms with van der Waals surface area (Å²) in [5.41, 5.74) is 1.55. The smallest absolute Gasteiger partial charge is 0.328 e. The first-order chi connectivity index (χ1) is 18.6. The number of fused-ring (bicyclic) bond motifs is 1. The minimum atomic E-state index is -1.52. The second-order valence-electron chi connectivity index (χ2n) is 9.37. The highest BCUT2D eigenvalue weighted by atomic mass is 16.4. The summed E-state index contributed by atoms with van der Waals surface area (Å²) < 4.78 is 0. The van der Waals surface area contributed by atoms with Crippen molar-refractivity contribution in [3.63, 3.8) is 0 Å². The van der Waals surface area contributed by atoms with E-state index in [-0.39, 0.29) is 25.8 Å². The van der Waals surface area contributed by atoms with Gasteiger partial charge in [-0.3, -0.25) is 24.0 Å². The number of aliphatic hydroxyl groups excluding tert-OH is 1. The Balaban J connectivity index is 1.84. The molecule has 0 radical (unpaired) electrons. The van der Waals surface area contributed by atoms with E-state index in [0.717, 1.165) is 16.5 Å². The number of aliphatic carboxylic acids is 1. The van der Waals surface area contributed by atoms with Crippen LogP contribution in [0.3, 0.4) is 0 Å². The fourth-order valence-electron chi connectivity index (χ4n) is 4.48. The van der Waals surface area contributed by atoms with Gasteiger partial charge in [-0.15, -0.1) is 0 Å². The van der Waals surface area contributed by atoms with E-state index in [4.69, 9.17) is 5.11 Å². The van der Waals surface area contributed by atoms with Gasteiger partial charge in [0, 0.05) is 36.5 Å². The van der Waals surface area contributed by atoms with Gasteiger partial charge in [0.05, 0.1) is 6.61 Å². The number of Topliss-reactive ketones (excluding diaryl/α,β-unsaturated/α-hetero) is 1. The van der Waals surface area contributed by atoms with Crippen LogP contribution in [0.5, 0.6) is 0 Å². The molecule has 4 atom stereocenters. The Kier molecular flexibility index (Phi) is 9.77. The maximum absolute atomic E-state index is 13.8. The Bertz CT molecular complexity index is 1260. The summed E-state index contributed by atoms with van der Waals surface area (Å²) in [7, 11) is 0. The number of likely N-dealkylation sites (tertiary alicyclic amines) is 1. The van der Waals surface area contributed by atoms with Crippen LogP contribution in [0.25, 0.3) is 10.9 Å². The number of nitrogens with zero attached hydrogens (tertiary/aromatic N) is 1. The normalized spacial score (nSPS) is 17.2. The maximum Gasteiger partial charge on any atom is 0.328 e. The molecule has 6 N–H and O–H groups in total. The summed E-state index contributed by atoms with van der Waals surface area (Å²) >= 11 is 0. The third kappa shape index (κ3) is 6.99. The van der Waals surface area contributed by atoms with Crippen LogP contribution in [0.4, 0.5) is 0 Å². The number of carbonyl (C=O) groups excluding carboxylic acids is 5. The van der Waals surface area contributed by atoms with Gasteiger partial charge in [0.2, 0.25) is 23.5 Å². The van der Waals surface area contributed by atoms with Crippen LogP contribution in [-0.2, 0) is 35.2 Å². The summed E-state index contributed by atoms with van der Waals surface area (Å²) in [6.45, 7) is 2.29. The number of rotatable bonds is 12. The number of hydrogen-bond donors (Lipinski definition) is 6. The standard InChI is InChI=1S/C26H33N5O8/c1-3-21(33)24(36)28-14(2)22(34)29-18(11-15-12-27-17-8-5-4-7-16(15)17)25(37)31-10-6-9-20(31)23(35)30-19(13-32)26(38)39/h4-5,7-8,12,14,18-20,27,32H,3,6,9-11,13H2,1-2H3,(H,28,36)(H,29,34)(H,30,35)(H,38,39)/t14-,18-,19-,20-/m0/s1. The number of benzene rings is 1. The first-order valence-corrected chi connectivity index (χ1v) is 12.7. The molecule has 2 heterocycles. The number of hydrogen-bond acceptors (Lipinski definition) is 7. The number of para-hydroxylation sites is 1. The number of carbonyl (C=O) groups is 6. The molecule has 13 nitrogen and oxygen atoms in total. The molecule has 1 fully saturated rings. The molecule has 0 aliphatic carbocycles. The summed E-state index contributed by atoms with van der Waals surface area (Å²) in [5.74, 6) is -4.99. The zero-order chi connectivity index (χ0) is 28.7. The van der Waals surface area contributed by atoms with Crippen molar-refractivity contribution in [1.82, 2.24) is 25.8 Å². The Morgan fingerprint density at radius 2 is 1.79 bits per heavy atom. The summed E-state index contributed by atoms with van der Waals surface area (Å²) in [5, 5.41) is 26.5. The SMILES string of the molecule is CCC(=O)C(=O)N[C@@H](C)C(=O)N[C@@H](Cc1c[nH]c2ccccc12)C(=O)N1CCC[C@H]1C(=O)N[C@@H](CO)C(=O)O. The predicted molar refractivity (Wildman–Crippen MR) is 138 cm³/mol. The second kappa shape index (κ2) is 13.0. The van der Waals surface area contributed by atoms with E-state index in [0.29, 0.717) is 6.42 Å². The van der Waals surface area contributed by atoms with Crippen molar-refractivity contribution in [1.29, 1.82) is 0 Å². The zero-order valence-electron chi connectivity index (χ0n) is 21.7. The van der Waals surface area contributed by atoms with Gasteiger partial charge in [0.25, 0.3) is 5.91 Å². The van der Waals surface area contributed by atoms with E-state index in [1.807, 2.05) is 24.3 Å². The first kappa shape index (κ1) is 29.3. The Labute approximate surface area is 224 Å². The van der Waals surface area contributed by atoms with Gasteiger partial charge >= 0.3 is 5.97 Å². The lowest BCUT2D eigenvalue weighted by atomic mass is 10.0. The quantitative estimate of drug-likeness (QED) is 0.188. The van der Waals surface area contributed by atoms with Crippen molar-refractivity contribution >= 4 is 46.3 Å². The molecule has 4 amide bonds. The largest absolute Gasteiger partial charge is 0.480 e. The Morgan fingerprint density at radius 3 is 2.46 bits per heavy atom. The molecule has 1 aliphatic rings. The van der Waals surface area contributed by atoms with Crippen LogP contribution >= 0.6 is 0 Å². The van der Waals surface area contributed by atoms with Gasteiger partial charge < -0.3 is 36.0 Å². The minimum Gasteiger partial charge on any atom is -0.480 e. The number of aliphatic hydroxyl groups is 1. The van der Waals surface area contributed by atoms with Gasteiger partial charge in [0.15, 0.2) is 0 Å². The molecule has 0 saturated carbocycles. The van der Waals surface area contributed by atoms with Crippen LogP contribution < -0.4 is 16.0 Å². The van der Waals surface area contributed by atoms with Crippen molar-refractivity contribution in [2.24, 2.45) is 0 Å². The molecular weight excluding hydrogens is 510 g/mol. The van der Waals surface area contributed by atoms with Gasteiger partial charge in [-0.2, -0.15) is 0 Å². The molecule has 1 aromatic heterocycles. The Hall–Kier alpha value is -4.26. The molecule has 39 heavy (non-hydrogen) atoms. The fraction of sp³-hybridized carbons (Fsp3) is 0.462. The van der Waals surface area contributed by atoms with Crippen LogP contribution in [0.1, 0.15) is 38.7 Å². The number of carboxylic acid groups (broad SMARTS) is 1. The monoisotopic (exact) mass is 543 g/mol. The van der Waals surface area contributed by atoms with Gasteiger partial charge in [-0.1, -0.05) is 25.1 Å². The van der Waals surface area contributed by atoms with Crippen molar-refractivity contribution in [3.8, 4) is 0 Å². The molecule has 1 saturated heterocycles. The highest BCUT2D eigenvalue weighted by molar-refractivity contribution is 6.36. The average Bonchev–Trinajstić information content (AvgIpc) is 3.57. The molecule has 3 rings (SSSR count). The molecule has 0 unspecified atom stereocenters. The van der Waals surface area contributed by atoms with Crippen molar-refractivity contribution in [3.05, 3.63) is 36.0 Å². The molecule has 0 bridgehead atoms. The van der Waals surface area contributed by atoms with E-state index in [2.05, 4.69) is 20.9 Å². The number of aromatic amines is 1. The van der Waals surface area contributed by atoms with Gasteiger partial charge in [0.1, 0.15) is 24.2 Å². The minimum absolute atomic E-state index is 0.0285. The number of nitrogens with one attached hydrogen (secondary N) is 4. The van der Waals surface area contributed by atoms with E-state index in [1.54, 1.807) is 6.20 Å². The third-order valence-electron chi connectivity index (χ3n) is 6.66. The van der Waals surface area contributed by atoms with Crippen LogP contribution in [0.2, 0.25) is 0 Å². The lowest BCUT2D eigenvalue weighted by Crippen LogP contribution is -2.58. The summed E-state index contributed by atoms with van der Waals surface area (Å²) in [6, 6.07) is 2.62. The number of ketones is 1. The average molecular weight is 544 g/mol. The van der Waals surface area contributed by atoms with Crippen molar-refractivity contribution < 1.29 is 39.0 Å². The number of aromatic nitrogens is 1. The predicted octanol–water partition coefficient (Wildman–Crippen LogP) is -0.768. The van der Waals surface area contributed by atoms with E-state index >= 15 is 0 Å². The second-order valence-corrected chi connectivity index (χ2v) is 9.37. The maximum atomic E-state index is 13.8. The lowest BCUT2D eigenvalue weighted by Gasteiger charge is -2.30. The van der Waals surface area contributed by atoms with Crippen molar-refractivity contribution in [2.45, 2.75) is 63.7 Å². The summed E-state index contributed by atoms with van der Waals surface area (Å²) in [4.78, 5) is 78.9. The summed E-state index contributed by atoms with van der Waals surface area (Å²) in [6.07, 6.45) is 2.49. The number of carboxylic acids is 1. The van der Waals surface area contributed by atoms with E-state index < -0.39 is 66.2 Å². The molecule has 13 heteroatoms. The third-order valence-corrected chi connectivity index (χ3v) is 6.66. The first-order valence-electron chi connectivity index (χ1n) is 12.7. The molecule has 1 aromatic carbocycles. The molecule has 1 aliphatic heterocycles. The fourth-order valence-corrected chi connectivity index (χ4v) is 4.48. The number of amides is 4. The van der Waals surface area contributed by atoms with E-state index in [9.17, 15) is 33.9 Å². The molecule has 0 spiro atoms. The topological polar surface area (TPSA) is 198 Å². The van der Waals surface area contributed by atoms with Crippen LogP contribution in [0.15, 0.2) is 30.5 Å².